The fourth-order valence-corrected chi connectivity index (χ4v) is 2.29. The predicted octanol–water partition coefficient (Wildman–Crippen LogP) is 3.70. The van der Waals surface area contributed by atoms with E-state index in [-0.39, 0.29) is 12.2 Å². The van der Waals surface area contributed by atoms with Crippen LogP contribution in [0, 0.1) is 0 Å². The molecular formula is C19H20N2O3. The van der Waals surface area contributed by atoms with Crippen LogP contribution < -0.4 is 0 Å². The average Bonchev–Trinajstić information content (AvgIpc) is 2.63. The van der Waals surface area contributed by atoms with Gasteiger partial charge < -0.3 is 9.68 Å². The molecule has 0 fully saturated rings. The zero-order chi connectivity index (χ0) is 17.2. The number of benzene rings is 2. The lowest BCUT2D eigenvalue weighted by Gasteiger charge is -2.08. The Labute approximate surface area is 141 Å². The minimum absolute atomic E-state index is 0.0174. The van der Waals surface area contributed by atoms with E-state index in [1.165, 1.54) is 14.2 Å². The first-order valence-corrected chi connectivity index (χ1v) is 7.57. The van der Waals surface area contributed by atoms with E-state index in [0.717, 1.165) is 5.56 Å². The molecule has 0 unspecified atom stereocenters. The Hall–Kier alpha value is -2.95. The smallest absolute Gasteiger partial charge is 0.168 e. The fourth-order valence-electron chi connectivity index (χ4n) is 2.29. The summed E-state index contributed by atoms with van der Waals surface area (Å²) in [6.45, 7) is 0. The van der Waals surface area contributed by atoms with Crippen LogP contribution in [-0.2, 0) is 9.68 Å². The second-order valence-electron chi connectivity index (χ2n) is 5.07. The van der Waals surface area contributed by atoms with Crippen molar-refractivity contribution >= 4 is 17.2 Å². The van der Waals surface area contributed by atoms with E-state index in [0.29, 0.717) is 23.4 Å². The minimum Gasteiger partial charge on any atom is -0.399 e. The lowest BCUT2D eigenvalue weighted by Crippen LogP contribution is -2.15. The third kappa shape index (κ3) is 5.05. The van der Waals surface area contributed by atoms with Gasteiger partial charge in [-0.3, -0.25) is 4.79 Å². The summed E-state index contributed by atoms with van der Waals surface area (Å²) in [4.78, 5) is 22.2. The van der Waals surface area contributed by atoms with Crippen molar-refractivity contribution in [1.29, 1.82) is 0 Å². The van der Waals surface area contributed by atoms with Crippen molar-refractivity contribution in [2.75, 3.05) is 14.2 Å². The second kappa shape index (κ2) is 9.25. The highest BCUT2D eigenvalue weighted by atomic mass is 16.6. The summed E-state index contributed by atoms with van der Waals surface area (Å²) < 4.78 is 0. The Morgan fingerprint density at radius 1 is 0.792 bits per heavy atom. The Balaban J connectivity index is 2.17. The second-order valence-corrected chi connectivity index (χ2v) is 5.07. The first-order valence-electron chi connectivity index (χ1n) is 7.57. The lowest BCUT2D eigenvalue weighted by molar-refractivity contribution is 0.0998. The van der Waals surface area contributed by atoms with E-state index in [4.69, 9.17) is 9.68 Å². The molecule has 0 amide bonds. The Bertz CT molecular complexity index is 710. The molecule has 2 aromatic rings. The number of rotatable bonds is 8. The summed E-state index contributed by atoms with van der Waals surface area (Å²) >= 11 is 0. The number of oxime groups is 2. The summed E-state index contributed by atoms with van der Waals surface area (Å²) in [5.74, 6) is -0.0174. The number of ketones is 1. The summed E-state index contributed by atoms with van der Waals surface area (Å²) in [5, 5.41) is 8.06. The number of Topliss-reactive ketones (excluding diaryl/α,β-unsaturated/α-hetero) is 1. The van der Waals surface area contributed by atoms with Crippen LogP contribution in [0.25, 0.3) is 0 Å². The molecule has 0 aliphatic rings. The maximum Gasteiger partial charge on any atom is 0.168 e. The first kappa shape index (κ1) is 17.4. The van der Waals surface area contributed by atoms with Crippen LogP contribution in [0.2, 0.25) is 0 Å². The molecule has 0 aliphatic heterocycles. The van der Waals surface area contributed by atoms with E-state index in [9.17, 15) is 4.79 Å². The summed E-state index contributed by atoms with van der Waals surface area (Å²) in [6.07, 6.45) is 0.525. The van der Waals surface area contributed by atoms with Gasteiger partial charge in [0.25, 0.3) is 0 Å². The Kier molecular flexibility index (Phi) is 6.71. The van der Waals surface area contributed by atoms with Crippen molar-refractivity contribution in [3.63, 3.8) is 0 Å². The van der Waals surface area contributed by atoms with Gasteiger partial charge in [-0.25, -0.2) is 0 Å². The van der Waals surface area contributed by atoms with Crippen LogP contribution in [0.1, 0.15) is 28.8 Å². The normalized spacial score (nSPS) is 11.9. The number of hydrogen-bond acceptors (Lipinski definition) is 5. The number of carbonyl (C=O) groups is 1. The van der Waals surface area contributed by atoms with Crippen molar-refractivity contribution in [2.45, 2.75) is 12.8 Å². The van der Waals surface area contributed by atoms with Crippen molar-refractivity contribution < 1.29 is 14.5 Å². The molecule has 5 nitrogen and oxygen atoms in total. The van der Waals surface area contributed by atoms with Gasteiger partial charge in [0.2, 0.25) is 0 Å². The van der Waals surface area contributed by atoms with E-state index in [1.807, 2.05) is 48.5 Å². The van der Waals surface area contributed by atoms with Gasteiger partial charge in [-0.05, 0) is 5.56 Å². The molecule has 24 heavy (non-hydrogen) atoms. The molecule has 0 bridgehead atoms. The molecule has 5 heteroatoms. The van der Waals surface area contributed by atoms with E-state index >= 15 is 0 Å². The number of hydrogen-bond donors (Lipinski definition) is 0. The maximum atomic E-state index is 12.4. The highest BCUT2D eigenvalue weighted by Crippen LogP contribution is 2.11. The van der Waals surface area contributed by atoms with Crippen molar-refractivity contribution in [1.82, 2.24) is 0 Å². The zero-order valence-corrected chi connectivity index (χ0v) is 13.8. The van der Waals surface area contributed by atoms with Gasteiger partial charge in [0.1, 0.15) is 14.2 Å². The molecule has 0 saturated heterocycles. The summed E-state index contributed by atoms with van der Waals surface area (Å²) in [6, 6.07) is 18.7. The molecule has 2 aromatic carbocycles. The Morgan fingerprint density at radius 2 is 1.33 bits per heavy atom. The molecule has 0 saturated carbocycles. The highest BCUT2D eigenvalue weighted by Gasteiger charge is 2.15. The standard InChI is InChI=1S/C19H20N2O3/c1-23-20-17(14-19(22)16-11-7-4-8-12-16)13-18(21-24-2)15-9-5-3-6-10-15/h3-12H,13-14H2,1-2H3/b20-17-,21-18+. The molecule has 2 rings (SSSR count). The van der Waals surface area contributed by atoms with Gasteiger partial charge in [-0.15, -0.1) is 0 Å². The van der Waals surface area contributed by atoms with E-state index in [1.54, 1.807) is 12.1 Å². The van der Waals surface area contributed by atoms with Gasteiger partial charge in [-0.2, -0.15) is 0 Å². The summed E-state index contributed by atoms with van der Waals surface area (Å²) in [7, 11) is 2.95. The van der Waals surface area contributed by atoms with Crippen LogP contribution in [0.4, 0.5) is 0 Å². The number of carbonyl (C=O) groups excluding carboxylic acids is 1. The third-order valence-electron chi connectivity index (χ3n) is 3.36. The van der Waals surface area contributed by atoms with E-state index in [2.05, 4.69) is 10.3 Å². The van der Waals surface area contributed by atoms with E-state index < -0.39 is 0 Å². The van der Waals surface area contributed by atoms with Gasteiger partial charge in [0.15, 0.2) is 5.78 Å². The molecule has 0 atom stereocenters. The molecule has 0 aliphatic carbocycles. The van der Waals surface area contributed by atoms with Crippen LogP contribution in [0.5, 0.6) is 0 Å². The zero-order valence-electron chi connectivity index (χ0n) is 13.8. The quantitative estimate of drug-likeness (QED) is 0.422. The van der Waals surface area contributed by atoms with Gasteiger partial charge >= 0.3 is 0 Å². The number of nitrogens with zero attached hydrogens (tertiary/aromatic N) is 2. The van der Waals surface area contributed by atoms with Crippen molar-refractivity contribution in [2.24, 2.45) is 10.3 Å². The predicted molar refractivity (Wildman–Crippen MR) is 94.4 cm³/mol. The van der Waals surface area contributed by atoms with Gasteiger partial charge in [-0.1, -0.05) is 71.0 Å². The third-order valence-corrected chi connectivity index (χ3v) is 3.36. The van der Waals surface area contributed by atoms with Crippen LogP contribution in [0.15, 0.2) is 71.0 Å². The SMILES string of the molecule is CO/N=C(\CC(=O)c1ccccc1)C/C(=N\OC)c1ccccc1. The molecule has 0 spiro atoms. The molecule has 0 aromatic heterocycles. The average molecular weight is 324 g/mol. The molecular weight excluding hydrogens is 304 g/mol. The first-order chi connectivity index (χ1) is 11.7. The van der Waals surface area contributed by atoms with Gasteiger partial charge in [0, 0.05) is 12.0 Å². The van der Waals surface area contributed by atoms with Crippen LogP contribution in [-0.4, -0.2) is 31.4 Å². The molecule has 124 valence electrons. The topological polar surface area (TPSA) is 60.2 Å². The summed E-state index contributed by atoms with van der Waals surface area (Å²) in [5.41, 5.74) is 2.84. The monoisotopic (exact) mass is 324 g/mol. The highest BCUT2D eigenvalue weighted by molar-refractivity contribution is 6.18. The largest absolute Gasteiger partial charge is 0.399 e. The fraction of sp³-hybridized carbons (Fsp3) is 0.211. The lowest BCUT2D eigenvalue weighted by atomic mass is 9.99. The molecule has 0 heterocycles. The van der Waals surface area contributed by atoms with Gasteiger partial charge in [0.05, 0.1) is 17.8 Å². The minimum atomic E-state index is -0.0174. The molecule has 0 radical (unpaired) electrons. The Morgan fingerprint density at radius 3 is 1.88 bits per heavy atom. The molecule has 0 N–H and O–H groups in total. The van der Waals surface area contributed by atoms with Crippen LogP contribution >= 0.6 is 0 Å². The maximum absolute atomic E-state index is 12.4. The van der Waals surface area contributed by atoms with Crippen molar-refractivity contribution in [3.05, 3.63) is 71.8 Å². The van der Waals surface area contributed by atoms with Crippen LogP contribution in [0.3, 0.4) is 0 Å². The van der Waals surface area contributed by atoms with Crippen molar-refractivity contribution in [3.8, 4) is 0 Å².